The third-order valence-corrected chi connectivity index (χ3v) is 3.18. The molecule has 1 unspecified atom stereocenters. The number of benzene rings is 2. The number of nitrogens with zero attached hydrogens (tertiary/aromatic N) is 1. The van der Waals surface area contributed by atoms with Gasteiger partial charge in [-0.2, -0.15) is 0 Å². The Bertz CT molecular complexity index is 721. The lowest BCUT2D eigenvalue weighted by molar-refractivity contribution is 0.221. The van der Waals surface area contributed by atoms with Crippen LogP contribution in [0.15, 0.2) is 60.9 Å². The van der Waals surface area contributed by atoms with Crippen molar-refractivity contribution in [2.45, 2.75) is 6.10 Å². The van der Waals surface area contributed by atoms with Gasteiger partial charge in [-0.3, -0.25) is 4.98 Å². The van der Waals surface area contributed by atoms with Crippen LogP contribution < -0.4 is 0 Å². The van der Waals surface area contributed by atoms with Crippen LogP contribution in [0, 0.1) is 5.82 Å². The molecule has 0 aliphatic carbocycles. The van der Waals surface area contributed by atoms with E-state index >= 15 is 0 Å². The molecule has 1 N–H and O–H groups in total. The predicted octanol–water partition coefficient (Wildman–Crippen LogP) is 3.46. The van der Waals surface area contributed by atoms with Gasteiger partial charge in [0.25, 0.3) is 0 Å². The summed E-state index contributed by atoms with van der Waals surface area (Å²) in [6.45, 7) is 0. The molecule has 0 radical (unpaired) electrons. The molecule has 3 heteroatoms. The van der Waals surface area contributed by atoms with Crippen molar-refractivity contribution in [1.29, 1.82) is 0 Å². The minimum atomic E-state index is -0.858. The molecule has 3 aromatic rings. The normalized spacial score (nSPS) is 12.5. The molecule has 94 valence electrons. The minimum Gasteiger partial charge on any atom is -0.384 e. The van der Waals surface area contributed by atoms with E-state index in [4.69, 9.17) is 0 Å². The van der Waals surface area contributed by atoms with E-state index in [-0.39, 0.29) is 5.82 Å². The van der Waals surface area contributed by atoms with E-state index in [9.17, 15) is 9.50 Å². The maximum Gasteiger partial charge on any atom is 0.123 e. The molecule has 19 heavy (non-hydrogen) atoms. The van der Waals surface area contributed by atoms with E-state index in [1.165, 1.54) is 12.1 Å². The van der Waals surface area contributed by atoms with Crippen molar-refractivity contribution in [2.75, 3.05) is 0 Å². The average Bonchev–Trinajstić information content (AvgIpc) is 2.46. The van der Waals surface area contributed by atoms with E-state index < -0.39 is 6.10 Å². The van der Waals surface area contributed by atoms with E-state index in [0.29, 0.717) is 5.56 Å². The van der Waals surface area contributed by atoms with Crippen molar-refractivity contribution in [3.05, 3.63) is 77.9 Å². The van der Waals surface area contributed by atoms with E-state index in [1.807, 2.05) is 24.3 Å². The summed E-state index contributed by atoms with van der Waals surface area (Å²) in [6, 6.07) is 13.6. The van der Waals surface area contributed by atoms with Gasteiger partial charge in [0.2, 0.25) is 0 Å². The molecule has 0 saturated heterocycles. The molecule has 1 heterocycles. The van der Waals surface area contributed by atoms with Crippen molar-refractivity contribution in [1.82, 2.24) is 4.98 Å². The number of pyridine rings is 1. The third-order valence-electron chi connectivity index (χ3n) is 3.18. The maximum absolute atomic E-state index is 13.2. The quantitative estimate of drug-likeness (QED) is 0.758. The summed E-state index contributed by atoms with van der Waals surface area (Å²) in [4.78, 5) is 4.08. The van der Waals surface area contributed by atoms with Crippen LogP contribution in [-0.2, 0) is 0 Å². The monoisotopic (exact) mass is 253 g/mol. The maximum atomic E-state index is 13.2. The van der Waals surface area contributed by atoms with Crippen molar-refractivity contribution in [3.8, 4) is 0 Å². The second kappa shape index (κ2) is 4.78. The van der Waals surface area contributed by atoms with E-state index in [0.717, 1.165) is 16.3 Å². The van der Waals surface area contributed by atoms with Crippen LogP contribution in [0.4, 0.5) is 4.39 Å². The zero-order chi connectivity index (χ0) is 13.2. The highest BCUT2D eigenvalue weighted by atomic mass is 19.1. The largest absolute Gasteiger partial charge is 0.384 e. The molecule has 0 fully saturated rings. The van der Waals surface area contributed by atoms with Crippen LogP contribution in [0.5, 0.6) is 0 Å². The lowest BCUT2D eigenvalue weighted by Gasteiger charge is -2.14. The number of halogens is 1. The lowest BCUT2D eigenvalue weighted by Crippen LogP contribution is -2.01. The first-order valence-corrected chi connectivity index (χ1v) is 6.02. The van der Waals surface area contributed by atoms with E-state index in [1.54, 1.807) is 24.5 Å². The Kier molecular flexibility index (Phi) is 2.97. The topological polar surface area (TPSA) is 33.1 Å². The highest BCUT2D eigenvalue weighted by molar-refractivity contribution is 5.85. The molecule has 0 bridgehead atoms. The molecule has 0 amide bonds. The third kappa shape index (κ3) is 2.20. The summed E-state index contributed by atoms with van der Waals surface area (Å²) in [5.41, 5.74) is 1.27. The zero-order valence-electron chi connectivity index (χ0n) is 10.1. The molecule has 1 atom stereocenters. The predicted molar refractivity (Wildman–Crippen MR) is 72.2 cm³/mol. The first-order valence-electron chi connectivity index (χ1n) is 6.02. The second-order valence-electron chi connectivity index (χ2n) is 4.40. The lowest BCUT2D eigenvalue weighted by atomic mass is 9.97. The summed E-state index contributed by atoms with van der Waals surface area (Å²) in [7, 11) is 0. The fourth-order valence-corrected chi connectivity index (χ4v) is 2.23. The van der Waals surface area contributed by atoms with Gasteiger partial charge in [-0.05, 0) is 34.7 Å². The Morgan fingerprint density at radius 3 is 2.74 bits per heavy atom. The first-order chi connectivity index (χ1) is 9.25. The standard InChI is InChI=1S/C16H12FNO/c17-13-5-1-4-12(9-13)16(19)14-6-2-3-11-7-8-18-10-15(11)14/h1-10,16,19H. The molecule has 3 rings (SSSR count). The van der Waals surface area contributed by atoms with Crippen LogP contribution in [-0.4, -0.2) is 10.1 Å². The Hall–Kier alpha value is -2.26. The number of rotatable bonds is 2. The van der Waals surface area contributed by atoms with Crippen LogP contribution in [0.25, 0.3) is 10.8 Å². The van der Waals surface area contributed by atoms with Gasteiger partial charge in [-0.1, -0.05) is 30.3 Å². The first kappa shape index (κ1) is 11.8. The smallest absolute Gasteiger partial charge is 0.123 e. The number of aromatic nitrogens is 1. The van der Waals surface area contributed by atoms with Gasteiger partial charge in [-0.15, -0.1) is 0 Å². The number of hydrogen-bond donors (Lipinski definition) is 1. The number of aliphatic hydroxyl groups is 1. The van der Waals surface area contributed by atoms with E-state index in [2.05, 4.69) is 4.98 Å². The van der Waals surface area contributed by atoms with Gasteiger partial charge in [0, 0.05) is 17.8 Å². The van der Waals surface area contributed by atoms with Crippen molar-refractivity contribution >= 4 is 10.8 Å². The average molecular weight is 253 g/mol. The molecule has 0 saturated carbocycles. The zero-order valence-corrected chi connectivity index (χ0v) is 10.1. The summed E-state index contributed by atoms with van der Waals surface area (Å²) >= 11 is 0. The highest BCUT2D eigenvalue weighted by Gasteiger charge is 2.13. The number of aliphatic hydroxyl groups excluding tert-OH is 1. The molecule has 2 aromatic carbocycles. The van der Waals surface area contributed by atoms with Crippen molar-refractivity contribution in [2.24, 2.45) is 0 Å². The molecular weight excluding hydrogens is 241 g/mol. The van der Waals surface area contributed by atoms with Gasteiger partial charge in [0.1, 0.15) is 11.9 Å². The summed E-state index contributed by atoms with van der Waals surface area (Å²) in [5.74, 6) is -0.352. The molecule has 0 spiro atoms. The molecular formula is C16H12FNO. The Morgan fingerprint density at radius 1 is 1.05 bits per heavy atom. The molecule has 0 aliphatic heterocycles. The van der Waals surface area contributed by atoms with Crippen LogP contribution >= 0.6 is 0 Å². The molecule has 2 nitrogen and oxygen atoms in total. The van der Waals surface area contributed by atoms with Gasteiger partial charge >= 0.3 is 0 Å². The summed E-state index contributed by atoms with van der Waals surface area (Å²) in [6.07, 6.45) is 2.57. The van der Waals surface area contributed by atoms with Crippen LogP contribution in [0.1, 0.15) is 17.2 Å². The Labute approximate surface area is 110 Å². The molecule has 1 aromatic heterocycles. The van der Waals surface area contributed by atoms with Crippen molar-refractivity contribution in [3.63, 3.8) is 0 Å². The highest BCUT2D eigenvalue weighted by Crippen LogP contribution is 2.28. The Morgan fingerprint density at radius 2 is 1.89 bits per heavy atom. The van der Waals surface area contributed by atoms with Gasteiger partial charge in [0.15, 0.2) is 0 Å². The number of hydrogen-bond acceptors (Lipinski definition) is 2. The van der Waals surface area contributed by atoms with Crippen LogP contribution in [0.2, 0.25) is 0 Å². The van der Waals surface area contributed by atoms with Crippen LogP contribution in [0.3, 0.4) is 0 Å². The summed E-state index contributed by atoms with van der Waals surface area (Å²) < 4.78 is 13.2. The fraction of sp³-hybridized carbons (Fsp3) is 0.0625. The molecule has 0 aliphatic rings. The second-order valence-corrected chi connectivity index (χ2v) is 4.40. The number of fused-ring (bicyclic) bond motifs is 1. The van der Waals surface area contributed by atoms with Gasteiger partial charge in [-0.25, -0.2) is 4.39 Å². The SMILES string of the molecule is OC(c1cccc(F)c1)c1cccc2ccncc12. The fourth-order valence-electron chi connectivity index (χ4n) is 2.23. The van der Waals surface area contributed by atoms with Gasteiger partial charge in [0.05, 0.1) is 0 Å². The Balaban J connectivity index is 2.14. The van der Waals surface area contributed by atoms with Gasteiger partial charge < -0.3 is 5.11 Å². The van der Waals surface area contributed by atoms with Crippen molar-refractivity contribution < 1.29 is 9.50 Å². The minimum absolute atomic E-state index is 0.352. The summed E-state index contributed by atoms with van der Waals surface area (Å²) in [5, 5.41) is 12.3.